The van der Waals surface area contributed by atoms with Gasteiger partial charge in [-0.1, -0.05) is 18.2 Å². The second kappa shape index (κ2) is 9.27. The van der Waals surface area contributed by atoms with Crippen LogP contribution in [0.2, 0.25) is 0 Å². The van der Waals surface area contributed by atoms with Gasteiger partial charge in [-0.25, -0.2) is 8.42 Å². The van der Waals surface area contributed by atoms with E-state index in [2.05, 4.69) is 5.32 Å². The number of nitrogens with zero attached hydrogens (tertiary/aromatic N) is 1. The average molecular weight is 392 g/mol. The molecule has 0 atom stereocenters. The summed E-state index contributed by atoms with van der Waals surface area (Å²) in [5, 5.41) is 2.67. The van der Waals surface area contributed by atoms with Crippen LogP contribution in [0.15, 0.2) is 48.5 Å². The third-order valence-corrected chi connectivity index (χ3v) is 4.85. The van der Waals surface area contributed by atoms with Crippen LogP contribution in [0, 0.1) is 6.92 Å². The number of carbonyl (C=O) groups is 1. The number of ether oxygens (including phenoxy) is 2. The molecule has 0 unspecified atom stereocenters. The van der Waals surface area contributed by atoms with Gasteiger partial charge in [0.1, 0.15) is 24.7 Å². The summed E-state index contributed by atoms with van der Waals surface area (Å²) >= 11 is 0. The molecule has 27 heavy (non-hydrogen) atoms. The minimum Gasteiger partial charge on any atom is -0.497 e. The lowest BCUT2D eigenvalue weighted by molar-refractivity contribution is -0.119. The fourth-order valence-electron chi connectivity index (χ4n) is 2.42. The summed E-state index contributed by atoms with van der Waals surface area (Å²) < 4.78 is 35.9. The first-order valence-electron chi connectivity index (χ1n) is 8.37. The number of anilines is 1. The average Bonchev–Trinajstić information content (AvgIpc) is 2.62. The van der Waals surface area contributed by atoms with Crippen LogP contribution in [-0.4, -0.2) is 47.4 Å². The van der Waals surface area contributed by atoms with E-state index in [1.165, 1.54) is 0 Å². The number of rotatable bonds is 9. The molecule has 2 rings (SSSR count). The van der Waals surface area contributed by atoms with E-state index in [9.17, 15) is 13.2 Å². The van der Waals surface area contributed by atoms with Crippen molar-refractivity contribution in [3.05, 3.63) is 54.1 Å². The smallest absolute Gasteiger partial charge is 0.240 e. The lowest BCUT2D eigenvalue weighted by Crippen LogP contribution is -2.41. The summed E-state index contributed by atoms with van der Waals surface area (Å²) in [5.41, 5.74) is 1.37. The first kappa shape index (κ1) is 20.6. The fraction of sp³-hybridized carbons (Fsp3) is 0.316. The largest absolute Gasteiger partial charge is 0.497 e. The lowest BCUT2D eigenvalue weighted by Gasteiger charge is -2.22. The first-order valence-corrected chi connectivity index (χ1v) is 10.2. The maximum Gasteiger partial charge on any atom is 0.240 e. The molecule has 0 spiro atoms. The van der Waals surface area contributed by atoms with Crippen molar-refractivity contribution in [2.45, 2.75) is 6.92 Å². The van der Waals surface area contributed by atoms with Gasteiger partial charge < -0.3 is 14.8 Å². The van der Waals surface area contributed by atoms with E-state index in [1.807, 2.05) is 13.0 Å². The van der Waals surface area contributed by atoms with Gasteiger partial charge >= 0.3 is 0 Å². The summed E-state index contributed by atoms with van der Waals surface area (Å²) in [7, 11) is -2.01. The van der Waals surface area contributed by atoms with Gasteiger partial charge in [-0.3, -0.25) is 9.10 Å². The molecule has 0 aliphatic rings. The summed E-state index contributed by atoms with van der Waals surface area (Å²) in [4.78, 5) is 12.2. The van der Waals surface area contributed by atoms with Gasteiger partial charge in [0, 0.05) is 6.07 Å². The van der Waals surface area contributed by atoms with Crippen molar-refractivity contribution in [3.8, 4) is 11.5 Å². The molecule has 0 aliphatic heterocycles. The molecule has 0 saturated carbocycles. The highest BCUT2D eigenvalue weighted by Gasteiger charge is 2.20. The van der Waals surface area contributed by atoms with Crippen molar-refractivity contribution >= 4 is 21.6 Å². The number of benzene rings is 2. The third-order valence-electron chi connectivity index (χ3n) is 3.71. The van der Waals surface area contributed by atoms with E-state index in [1.54, 1.807) is 49.6 Å². The van der Waals surface area contributed by atoms with Crippen molar-refractivity contribution in [1.82, 2.24) is 5.32 Å². The molecule has 0 saturated heterocycles. The van der Waals surface area contributed by atoms with Crippen LogP contribution >= 0.6 is 0 Å². The molecular weight excluding hydrogens is 368 g/mol. The van der Waals surface area contributed by atoms with Crippen LogP contribution in [0.5, 0.6) is 11.5 Å². The molecule has 0 fully saturated rings. The van der Waals surface area contributed by atoms with Gasteiger partial charge in [-0.15, -0.1) is 0 Å². The molecule has 0 radical (unpaired) electrons. The van der Waals surface area contributed by atoms with E-state index in [-0.39, 0.29) is 19.7 Å². The van der Waals surface area contributed by atoms with E-state index < -0.39 is 15.9 Å². The number of amides is 1. The highest BCUT2D eigenvalue weighted by atomic mass is 32.2. The Morgan fingerprint density at radius 2 is 1.81 bits per heavy atom. The minimum absolute atomic E-state index is 0.251. The maximum absolute atomic E-state index is 12.2. The van der Waals surface area contributed by atoms with Crippen LogP contribution in [0.3, 0.4) is 0 Å². The molecule has 1 amide bonds. The Labute approximate surface area is 160 Å². The van der Waals surface area contributed by atoms with Gasteiger partial charge in [0.25, 0.3) is 0 Å². The Kier molecular flexibility index (Phi) is 7.06. The molecule has 1 N–H and O–H groups in total. The Morgan fingerprint density at radius 3 is 2.48 bits per heavy atom. The Balaban J connectivity index is 1.88. The predicted molar refractivity (Wildman–Crippen MR) is 105 cm³/mol. The quantitative estimate of drug-likeness (QED) is 0.660. The van der Waals surface area contributed by atoms with E-state index >= 15 is 0 Å². The van der Waals surface area contributed by atoms with E-state index in [0.29, 0.717) is 17.2 Å². The van der Waals surface area contributed by atoms with Gasteiger partial charge in [-0.05, 0) is 36.8 Å². The van der Waals surface area contributed by atoms with Gasteiger partial charge in [0.15, 0.2) is 0 Å². The van der Waals surface area contributed by atoms with Gasteiger partial charge in [0.2, 0.25) is 15.9 Å². The van der Waals surface area contributed by atoms with Crippen molar-refractivity contribution in [3.63, 3.8) is 0 Å². The summed E-state index contributed by atoms with van der Waals surface area (Å²) in [5.74, 6) is 0.899. The van der Waals surface area contributed by atoms with E-state index in [0.717, 1.165) is 16.1 Å². The minimum atomic E-state index is -3.58. The molecular formula is C19H24N2O5S. The Morgan fingerprint density at radius 1 is 1.11 bits per heavy atom. The first-order chi connectivity index (χ1) is 12.8. The van der Waals surface area contributed by atoms with Crippen molar-refractivity contribution in [1.29, 1.82) is 0 Å². The number of carbonyl (C=O) groups excluding carboxylic acids is 1. The highest BCUT2D eigenvalue weighted by molar-refractivity contribution is 7.92. The molecule has 7 nitrogen and oxygen atoms in total. The van der Waals surface area contributed by atoms with Gasteiger partial charge in [0.05, 0.1) is 25.6 Å². The number of aryl methyl sites for hydroxylation is 1. The zero-order valence-corrected chi connectivity index (χ0v) is 16.5. The van der Waals surface area contributed by atoms with Crippen LogP contribution < -0.4 is 19.1 Å². The van der Waals surface area contributed by atoms with Crippen molar-refractivity contribution < 1.29 is 22.7 Å². The second-order valence-electron chi connectivity index (χ2n) is 5.99. The molecule has 0 heterocycles. The molecule has 0 bridgehead atoms. The number of hydrogen-bond donors (Lipinski definition) is 1. The Hall–Kier alpha value is -2.74. The molecule has 2 aromatic rings. The van der Waals surface area contributed by atoms with Crippen LogP contribution in [0.1, 0.15) is 5.56 Å². The molecule has 2 aromatic carbocycles. The SMILES string of the molecule is COc1cccc(OCCNC(=O)CN(c2cccc(C)c2)S(C)(=O)=O)c1. The maximum atomic E-state index is 12.2. The topological polar surface area (TPSA) is 84.9 Å². The third kappa shape index (κ3) is 6.49. The summed E-state index contributed by atoms with van der Waals surface area (Å²) in [6.45, 7) is 2.07. The van der Waals surface area contributed by atoms with Crippen molar-refractivity contribution in [2.24, 2.45) is 0 Å². The lowest BCUT2D eigenvalue weighted by atomic mass is 10.2. The molecule has 0 aliphatic carbocycles. The number of hydrogen-bond acceptors (Lipinski definition) is 5. The molecule has 146 valence electrons. The van der Waals surface area contributed by atoms with Crippen LogP contribution in [0.25, 0.3) is 0 Å². The van der Waals surface area contributed by atoms with E-state index in [4.69, 9.17) is 9.47 Å². The fourth-order valence-corrected chi connectivity index (χ4v) is 3.27. The molecule has 0 aromatic heterocycles. The summed E-state index contributed by atoms with van der Waals surface area (Å²) in [6.07, 6.45) is 1.08. The standard InChI is InChI=1S/C19H24N2O5S/c1-15-6-4-7-16(12-15)21(27(3,23)24)14-19(22)20-10-11-26-18-9-5-8-17(13-18)25-2/h4-9,12-13H,10-11,14H2,1-3H3,(H,20,22). The van der Waals surface area contributed by atoms with Crippen LogP contribution in [0.4, 0.5) is 5.69 Å². The van der Waals surface area contributed by atoms with Gasteiger partial charge in [-0.2, -0.15) is 0 Å². The normalized spacial score (nSPS) is 10.9. The monoisotopic (exact) mass is 392 g/mol. The number of methoxy groups -OCH3 is 1. The summed E-state index contributed by atoms with van der Waals surface area (Å²) in [6, 6.07) is 14.1. The highest BCUT2D eigenvalue weighted by Crippen LogP contribution is 2.19. The number of nitrogens with one attached hydrogen (secondary N) is 1. The second-order valence-corrected chi connectivity index (χ2v) is 7.89. The predicted octanol–water partition coefficient (Wildman–Crippen LogP) is 1.96. The Bertz CT molecular complexity index is 883. The van der Waals surface area contributed by atoms with Crippen molar-refractivity contribution in [2.75, 3.05) is 37.4 Å². The molecule has 8 heteroatoms. The zero-order valence-electron chi connectivity index (χ0n) is 15.6. The number of sulfonamides is 1. The van der Waals surface area contributed by atoms with Crippen LogP contribution in [-0.2, 0) is 14.8 Å². The zero-order chi connectivity index (χ0) is 19.9.